The number of ether oxygens (including phenoxy) is 2. The van der Waals surface area contributed by atoms with E-state index in [2.05, 4.69) is 4.98 Å². The minimum atomic E-state index is -0.284. The van der Waals surface area contributed by atoms with Gasteiger partial charge < -0.3 is 18.9 Å². The van der Waals surface area contributed by atoms with Gasteiger partial charge in [-0.1, -0.05) is 18.2 Å². The van der Waals surface area contributed by atoms with Gasteiger partial charge in [0.1, 0.15) is 11.6 Å². The van der Waals surface area contributed by atoms with Crippen LogP contribution in [-0.4, -0.2) is 46.7 Å². The molecule has 2 aromatic carbocycles. The fraction of sp³-hybridized carbons (Fsp3) is 0.357. The van der Waals surface area contributed by atoms with Gasteiger partial charge in [-0.25, -0.2) is 9.37 Å². The number of methoxy groups -OCH3 is 1. The maximum atomic E-state index is 13.7. The number of nitrogens with zero attached hydrogens (tertiary/aromatic N) is 3. The summed E-state index contributed by atoms with van der Waals surface area (Å²) >= 11 is 0. The number of halogens is 1. The Hall–Kier alpha value is -3.45. The molecule has 3 heterocycles. The lowest BCUT2D eigenvalue weighted by Gasteiger charge is -2.38. The lowest BCUT2D eigenvalue weighted by molar-refractivity contribution is -0.134. The van der Waals surface area contributed by atoms with Crippen LogP contribution >= 0.6 is 0 Å². The van der Waals surface area contributed by atoms with Crippen molar-refractivity contribution in [2.45, 2.75) is 44.8 Å². The van der Waals surface area contributed by atoms with Crippen molar-refractivity contribution < 1.29 is 18.7 Å². The third-order valence-corrected chi connectivity index (χ3v) is 6.78. The predicted molar refractivity (Wildman–Crippen MR) is 132 cm³/mol. The Kier molecular flexibility index (Phi) is 6.68. The number of benzene rings is 2. The SMILES string of the molecule is COc1cc(/C=C2\CCCN([C@H](c3ccc(F)cc3)[C@@H]3CCCO3)C2=O)ccc1-n1cnc(C)c1. The maximum Gasteiger partial charge on any atom is 0.250 e. The van der Waals surface area contributed by atoms with Crippen LogP contribution in [0.2, 0.25) is 0 Å². The Labute approximate surface area is 205 Å². The van der Waals surface area contributed by atoms with Crippen molar-refractivity contribution >= 4 is 12.0 Å². The predicted octanol–water partition coefficient (Wildman–Crippen LogP) is 5.25. The van der Waals surface area contributed by atoms with Crippen LogP contribution in [0.1, 0.15) is 48.5 Å². The molecule has 6 nitrogen and oxygen atoms in total. The Balaban J connectivity index is 1.44. The summed E-state index contributed by atoms with van der Waals surface area (Å²) in [6.07, 6.45) is 9.01. The molecule has 0 bridgehead atoms. The largest absolute Gasteiger partial charge is 0.495 e. The lowest BCUT2D eigenvalue weighted by Crippen LogP contribution is -2.44. The monoisotopic (exact) mass is 475 g/mol. The van der Waals surface area contributed by atoms with Crippen LogP contribution in [-0.2, 0) is 9.53 Å². The van der Waals surface area contributed by atoms with Gasteiger partial charge in [0.05, 0.1) is 37.0 Å². The van der Waals surface area contributed by atoms with Crippen molar-refractivity contribution in [1.29, 1.82) is 0 Å². The van der Waals surface area contributed by atoms with E-state index < -0.39 is 0 Å². The number of hydrogen-bond acceptors (Lipinski definition) is 4. The van der Waals surface area contributed by atoms with Crippen LogP contribution < -0.4 is 4.74 Å². The van der Waals surface area contributed by atoms with Gasteiger partial charge in [0.25, 0.3) is 0 Å². The van der Waals surface area contributed by atoms with Gasteiger partial charge in [0.2, 0.25) is 5.91 Å². The highest BCUT2D eigenvalue weighted by Crippen LogP contribution is 2.36. The molecule has 0 N–H and O–H groups in total. The van der Waals surface area contributed by atoms with Gasteiger partial charge >= 0.3 is 0 Å². The number of likely N-dealkylation sites (tertiary alicyclic amines) is 1. The number of hydrogen-bond donors (Lipinski definition) is 0. The molecule has 2 aliphatic heterocycles. The highest BCUT2D eigenvalue weighted by Gasteiger charge is 2.37. The zero-order valence-corrected chi connectivity index (χ0v) is 20.1. The van der Waals surface area contributed by atoms with Crippen LogP contribution in [0.15, 0.2) is 60.6 Å². The van der Waals surface area contributed by atoms with Gasteiger partial charge in [-0.2, -0.15) is 0 Å². The van der Waals surface area contributed by atoms with E-state index in [0.29, 0.717) is 25.3 Å². The molecule has 3 aromatic rings. The summed E-state index contributed by atoms with van der Waals surface area (Å²) in [6, 6.07) is 12.1. The van der Waals surface area contributed by atoms with Gasteiger partial charge in [0.15, 0.2) is 0 Å². The summed E-state index contributed by atoms with van der Waals surface area (Å²) in [5.41, 5.74) is 4.39. The zero-order chi connectivity index (χ0) is 24.4. The van der Waals surface area contributed by atoms with E-state index in [1.54, 1.807) is 25.6 Å². The number of aryl methyl sites for hydroxylation is 1. The summed E-state index contributed by atoms with van der Waals surface area (Å²) in [5.74, 6) is 0.434. The van der Waals surface area contributed by atoms with Crippen LogP contribution in [0.5, 0.6) is 5.75 Å². The third kappa shape index (κ3) is 4.86. The number of imidazole rings is 1. The van der Waals surface area contributed by atoms with Crippen molar-refractivity contribution in [3.63, 3.8) is 0 Å². The average Bonchev–Trinajstić information content (AvgIpc) is 3.55. The smallest absolute Gasteiger partial charge is 0.250 e. The molecule has 0 unspecified atom stereocenters. The van der Waals surface area contributed by atoms with E-state index in [1.807, 2.05) is 46.9 Å². The molecular formula is C28H30FN3O3. The number of amides is 1. The molecule has 2 aliphatic rings. The quantitative estimate of drug-likeness (QED) is 0.457. The molecule has 1 aromatic heterocycles. The van der Waals surface area contributed by atoms with E-state index in [4.69, 9.17) is 9.47 Å². The van der Waals surface area contributed by atoms with Crippen LogP contribution in [0.25, 0.3) is 11.8 Å². The number of piperidine rings is 1. The Bertz CT molecular complexity index is 1230. The third-order valence-electron chi connectivity index (χ3n) is 6.78. The molecule has 2 saturated heterocycles. The molecule has 7 heteroatoms. The van der Waals surface area contributed by atoms with Crippen LogP contribution in [0.3, 0.4) is 0 Å². The number of carbonyl (C=O) groups is 1. The first kappa shape index (κ1) is 23.3. The molecule has 0 spiro atoms. The van der Waals surface area contributed by atoms with E-state index in [1.165, 1.54) is 12.1 Å². The van der Waals surface area contributed by atoms with Crippen molar-refractivity contribution in [1.82, 2.24) is 14.5 Å². The van der Waals surface area contributed by atoms with Gasteiger partial charge in [0, 0.05) is 24.9 Å². The van der Waals surface area contributed by atoms with Gasteiger partial charge in [-0.15, -0.1) is 0 Å². The fourth-order valence-corrected chi connectivity index (χ4v) is 5.09. The van der Waals surface area contributed by atoms with Crippen molar-refractivity contribution in [2.75, 3.05) is 20.3 Å². The molecule has 182 valence electrons. The molecule has 5 rings (SSSR count). The van der Waals surface area contributed by atoms with E-state index in [9.17, 15) is 9.18 Å². The first-order valence-electron chi connectivity index (χ1n) is 12.1. The Morgan fingerprint density at radius 1 is 1.20 bits per heavy atom. The molecular weight excluding hydrogens is 445 g/mol. The maximum absolute atomic E-state index is 13.7. The minimum Gasteiger partial charge on any atom is -0.495 e. The second-order valence-electron chi connectivity index (χ2n) is 9.17. The number of carbonyl (C=O) groups excluding carboxylic acids is 1. The summed E-state index contributed by atoms with van der Waals surface area (Å²) in [7, 11) is 1.64. The highest BCUT2D eigenvalue weighted by molar-refractivity contribution is 5.99. The van der Waals surface area contributed by atoms with Gasteiger partial charge in [-0.3, -0.25) is 4.79 Å². The first-order valence-corrected chi connectivity index (χ1v) is 12.1. The highest BCUT2D eigenvalue weighted by atomic mass is 19.1. The van der Waals surface area contributed by atoms with Crippen molar-refractivity contribution in [3.8, 4) is 11.4 Å². The molecule has 2 fully saturated rings. The number of aromatic nitrogens is 2. The molecule has 0 saturated carbocycles. The molecule has 35 heavy (non-hydrogen) atoms. The minimum absolute atomic E-state index is 0.00866. The van der Waals surface area contributed by atoms with Crippen LogP contribution in [0.4, 0.5) is 4.39 Å². The molecule has 1 amide bonds. The Morgan fingerprint density at radius 3 is 2.71 bits per heavy atom. The summed E-state index contributed by atoms with van der Waals surface area (Å²) in [6.45, 7) is 3.29. The van der Waals surface area contributed by atoms with Crippen molar-refractivity contribution in [2.24, 2.45) is 0 Å². The standard InChI is InChI=1S/C28H30FN3O3/c1-19-17-31(18-30-19)24-12-7-20(16-26(24)34-2)15-22-5-3-13-32(28(22)33)27(25-6-4-14-35-25)21-8-10-23(29)11-9-21/h7-12,15-18,25,27H,3-6,13-14H2,1-2H3/b22-15+/t25-,27+/m0/s1. The molecule has 0 aliphatic carbocycles. The summed E-state index contributed by atoms with van der Waals surface area (Å²) < 4.78 is 27.2. The molecule has 0 radical (unpaired) electrons. The normalized spacial score (nSPS) is 20.4. The second kappa shape index (κ2) is 10.0. The Morgan fingerprint density at radius 2 is 2.03 bits per heavy atom. The average molecular weight is 476 g/mol. The summed E-state index contributed by atoms with van der Waals surface area (Å²) in [4.78, 5) is 19.9. The first-order chi connectivity index (χ1) is 17.0. The van der Waals surface area contributed by atoms with E-state index >= 15 is 0 Å². The zero-order valence-electron chi connectivity index (χ0n) is 20.1. The van der Waals surface area contributed by atoms with E-state index in [-0.39, 0.29) is 23.9 Å². The van der Waals surface area contributed by atoms with Crippen molar-refractivity contribution in [3.05, 3.63) is 83.2 Å². The van der Waals surface area contributed by atoms with Crippen LogP contribution in [0, 0.1) is 12.7 Å². The summed E-state index contributed by atoms with van der Waals surface area (Å²) in [5, 5.41) is 0. The topological polar surface area (TPSA) is 56.6 Å². The lowest BCUT2D eigenvalue weighted by atomic mass is 9.93. The fourth-order valence-electron chi connectivity index (χ4n) is 5.09. The number of rotatable bonds is 6. The van der Waals surface area contributed by atoms with E-state index in [0.717, 1.165) is 47.3 Å². The second-order valence-corrected chi connectivity index (χ2v) is 9.17. The molecule has 2 atom stereocenters. The van der Waals surface area contributed by atoms with Gasteiger partial charge in [-0.05, 0) is 74.1 Å².